The van der Waals surface area contributed by atoms with Crippen molar-refractivity contribution in [2.75, 3.05) is 19.7 Å². The first-order valence-corrected chi connectivity index (χ1v) is 9.46. The number of likely N-dealkylation sites (tertiary alicyclic amines) is 1. The van der Waals surface area contributed by atoms with Crippen molar-refractivity contribution >= 4 is 11.9 Å². The van der Waals surface area contributed by atoms with E-state index in [0.29, 0.717) is 51.1 Å². The Hall–Kier alpha value is -2.89. The minimum absolute atomic E-state index is 0.00473. The van der Waals surface area contributed by atoms with Gasteiger partial charge in [0.1, 0.15) is 11.6 Å². The average Bonchev–Trinajstić information content (AvgIpc) is 2.71. The molecule has 1 N–H and O–H groups in total. The lowest BCUT2D eigenvalue weighted by atomic mass is 9.73. The molecule has 2 aromatic carbocycles. The molecule has 1 saturated heterocycles. The number of piperidine rings is 1. The molecule has 1 aliphatic rings. The summed E-state index contributed by atoms with van der Waals surface area (Å²) in [5.41, 5.74) is -0.142. The lowest BCUT2D eigenvalue weighted by Crippen LogP contribution is -2.49. The Balaban J connectivity index is 1.48. The molecule has 2 aromatic rings. The van der Waals surface area contributed by atoms with Gasteiger partial charge in [-0.2, -0.15) is 0 Å². The zero-order valence-electron chi connectivity index (χ0n) is 15.6. The number of carbonyl (C=O) groups excluding carboxylic acids is 1. The summed E-state index contributed by atoms with van der Waals surface area (Å²) in [4.78, 5) is 26.1. The minimum atomic E-state index is -0.932. The van der Waals surface area contributed by atoms with Crippen LogP contribution < -0.4 is 4.74 Å². The van der Waals surface area contributed by atoms with Gasteiger partial charge in [-0.1, -0.05) is 36.4 Å². The second kappa shape index (κ2) is 8.87. The molecule has 0 saturated carbocycles. The number of nitrogens with zero attached hydrogens (tertiary/aromatic N) is 1. The highest BCUT2D eigenvalue weighted by Crippen LogP contribution is 2.36. The fourth-order valence-electron chi connectivity index (χ4n) is 3.65. The molecule has 1 heterocycles. The first kappa shape index (κ1) is 19.9. The Labute approximate surface area is 163 Å². The minimum Gasteiger partial charge on any atom is -0.493 e. The molecule has 0 aromatic heterocycles. The summed E-state index contributed by atoms with van der Waals surface area (Å²) in [7, 11) is 0. The van der Waals surface area contributed by atoms with Gasteiger partial charge in [0.25, 0.3) is 0 Å². The summed E-state index contributed by atoms with van der Waals surface area (Å²) in [5, 5.41) is 9.82. The lowest BCUT2D eigenvalue weighted by Gasteiger charge is -2.39. The fraction of sp³-hybridized carbons (Fsp3) is 0.364. The maximum atomic E-state index is 13.1. The van der Waals surface area contributed by atoms with Crippen LogP contribution in [0.5, 0.6) is 5.75 Å². The summed E-state index contributed by atoms with van der Waals surface area (Å²) in [6.45, 7) is 1.17. The van der Waals surface area contributed by atoms with Gasteiger partial charge in [-0.25, -0.2) is 4.39 Å². The van der Waals surface area contributed by atoms with E-state index in [-0.39, 0.29) is 11.7 Å². The van der Waals surface area contributed by atoms with E-state index in [4.69, 9.17) is 4.74 Å². The largest absolute Gasteiger partial charge is 0.493 e. The number of carboxylic acids is 1. The summed E-state index contributed by atoms with van der Waals surface area (Å²) in [6, 6.07) is 15.1. The molecule has 148 valence electrons. The fourth-order valence-corrected chi connectivity index (χ4v) is 3.65. The van der Waals surface area contributed by atoms with Crippen molar-refractivity contribution in [3.8, 4) is 5.75 Å². The maximum Gasteiger partial charge on any atom is 0.314 e. The molecular weight excluding hydrogens is 361 g/mol. The van der Waals surface area contributed by atoms with Gasteiger partial charge in [-0.15, -0.1) is 0 Å². The van der Waals surface area contributed by atoms with Crippen molar-refractivity contribution in [3.63, 3.8) is 0 Å². The topological polar surface area (TPSA) is 66.8 Å². The Bertz CT molecular complexity index is 816. The second-order valence-corrected chi connectivity index (χ2v) is 7.04. The molecule has 0 aliphatic carbocycles. The number of aliphatic carboxylic acids is 1. The Morgan fingerprint density at radius 1 is 1.07 bits per heavy atom. The molecule has 0 unspecified atom stereocenters. The third-order valence-corrected chi connectivity index (χ3v) is 5.31. The standard InChI is InChI=1S/C22H24FNO4/c23-18-8-4-9-19(16-18)28-15-5-10-20(25)24-13-11-22(12-14-24,21(26)27)17-6-2-1-3-7-17/h1-4,6-9,16H,5,10-15H2,(H,26,27). The van der Waals surface area contributed by atoms with Crippen LogP contribution in [0.1, 0.15) is 31.2 Å². The third-order valence-electron chi connectivity index (χ3n) is 5.31. The number of rotatable bonds is 7. The molecule has 0 spiro atoms. The van der Waals surface area contributed by atoms with E-state index in [0.717, 1.165) is 5.56 Å². The highest BCUT2D eigenvalue weighted by atomic mass is 19.1. The monoisotopic (exact) mass is 385 g/mol. The summed E-state index contributed by atoms with van der Waals surface area (Å²) >= 11 is 0. The van der Waals surface area contributed by atoms with Crippen LogP contribution in [0, 0.1) is 5.82 Å². The SMILES string of the molecule is O=C(CCCOc1cccc(F)c1)N1CCC(C(=O)O)(c2ccccc2)CC1. The number of hydrogen-bond acceptors (Lipinski definition) is 3. The lowest BCUT2D eigenvalue weighted by molar-refractivity contribution is -0.148. The van der Waals surface area contributed by atoms with E-state index in [1.54, 1.807) is 17.0 Å². The summed E-state index contributed by atoms with van der Waals surface area (Å²) < 4.78 is 18.6. The van der Waals surface area contributed by atoms with Crippen LogP contribution in [0.3, 0.4) is 0 Å². The van der Waals surface area contributed by atoms with Crippen molar-refractivity contribution in [1.82, 2.24) is 4.90 Å². The highest BCUT2D eigenvalue weighted by Gasteiger charge is 2.43. The van der Waals surface area contributed by atoms with Crippen LogP contribution in [0.15, 0.2) is 54.6 Å². The van der Waals surface area contributed by atoms with E-state index >= 15 is 0 Å². The van der Waals surface area contributed by atoms with Crippen LogP contribution >= 0.6 is 0 Å². The zero-order chi connectivity index (χ0) is 20.0. The van der Waals surface area contributed by atoms with Crippen LogP contribution in [0.25, 0.3) is 0 Å². The molecule has 0 bridgehead atoms. The van der Waals surface area contributed by atoms with Gasteiger partial charge in [0.2, 0.25) is 5.91 Å². The molecule has 5 nitrogen and oxygen atoms in total. The molecule has 1 fully saturated rings. The van der Waals surface area contributed by atoms with Gasteiger partial charge < -0.3 is 14.7 Å². The van der Waals surface area contributed by atoms with E-state index in [1.165, 1.54) is 12.1 Å². The summed E-state index contributed by atoms with van der Waals surface area (Å²) in [6.07, 6.45) is 1.64. The number of amides is 1. The Morgan fingerprint density at radius 2 is 1.79 bits per heavy atom. The predicted octanol–water partition coefficient (Wildman–Crippen LogP) is 3.63. The molecule has 0 atom stereocenters. The Morgan fingerprint density at radius 3 is 2.43 bits per heavy atom. The highest BCUT2D eigenvalue weighted by molar-refractivity contribution is 5.82. The molecule has 6 heteroatoms. The van der Waals surface area contributed by atoms with Gasteiger partial charge in [-0.05, 0) is 37.0 Å². The summed E-state index contributed by atoms with van der Waals surface area (Å²) in [5.74, 6) is -0.758. The van der Waals surface area contributed by atoms with E-state index in [2.05, 4.69) is 0 Å². The van der Waals surface area contributed by atoms with Crippen LogP contribution in [-0.2, 0) is 15.0 Å². The van der Waals surface area contributed by atoms with E-state index in [1.807, 2.05) is 30.3 Å². The van der Waals surface area contributed by atoms with Crippen LogP contribution in [-0.4, -0.2) is 41.6 Å². The first-order valence-electron chi connectivity index (χ1n) is 9.46. The average molecular weight is 385 g/mol. The van der Waals surface area contributed by atoms with Crippen LogP contribution in [0.2, 0.25) is 0 Å². The Kier molecular flexibility index (Phi) is 6.29. The zero-order valence-corrected chi connectivity index (χ0v) is 15.6. The van der Waals surface area contributed by atoms with Gasteiger partial charge in [-0.3, -0.25) is 9.59 Å². The molecule has 28 heavy (non-hydrogen) atoms. The third kappa shape index (κ3) is 4.50. The number of carboxylic acid groups (broad SMARTS) is 1. The van der Waals surface area contributed by atoms with Crippen molar-refractivity contribution < 1.29 is 23.8 Å². The van der Waals surface area contributed by atoms with Gasteiger partial charge >= 0.3 is 5.97 Å². The number of hydrogen-bond donors (Lipinski definition) is 1. The maximum absolute atomic E-state index is 13.1. The molecule has 3 rings (SSSR count). The van der Waals surface area contributed by atoms with E-state index < -0.39 is 11.4 Å². The number of carbonyl (C=O) groups is 2. The predicted molar refractivity (Wildman–Crippen MR) is 103 cm³/mol. The number of ether oxygens (including phenoxy) is 1. The second-order valence-electron chi connectivity index (χ2n) is 7.04. The van der Waals surface area contributed by atoms with Crippen molar-refractivity contribution in [2.45, 2.75) is 31.1 Å². The quantitative estimate of drug-likeness (QED) is 0.739. The van der Waals surface area contributed by atoms with Gasteiger partial charge in [0, 0.05) is 25.6 Å². The normalized spacial score (nSPS) is 15.8. The van der Waals surface area contributed by atoms with Crippen molar-refractivity contribution in [2.24, 2.45) is 0 Å². The van der Waals surface area contributed by atoms with Crippen molar-refractivity contribution in [3.05, 3.63) is 66.0 Å². The van der Waals surface area contributed by atoms with Gasteiger partial charge in [0.05, 0.1) is 12.0 Å². The first-order chi connectivity index (χ1) is 13.5. The number of halogens is 1. The molecular formula is C22H24FNO4. The van der Waals surface area contributed by atoms with Crippen LogP contribution in [0.4, 0.5) is 4.39 Å². The van der Waals surface area contributed by atoms with Crippen molar-refractivity contribution in [1.29, 1.82) is 0 Å². The van der Waals surface area contributed by atoms with Gasteiger partial charge in [0.15, 0.2) is 0 Å². The van der Waals surface area contributed by atoms with E-state index in [9.17, 15) is 19.1 Å². The molecule has 1 aliphatic heterocycles. The molecule has 0 radical (unpaired) electrons. The molecule has 1 amide bonds. The smallest absolute Gasteiger partial charge is 0.314 e. The number of benzene rings is 2.